The Morgan fingerprint density at radius 1 is 1.26 bits per heavy atom. The molecule has 5 nitrogen and oxygen atoms in total. The van der Waals surface area contributed by atoms with Crippen molar-refractivity contribution in [3.8, 4) is 16.9 Å². The zero-order valence-electron chi connectivity index (χ0n) is 15.1. The van der Waals surface area contributed by atoms with E-state index in [0.717, 1.165) is 28.9 Å². The maximum Gasteiger partial charge on any atom is 0.289 e. The summed E-state index contributed by atoms with van der Waals surface area (Å²) in [7, 11) is 0. The zero-order valence-corrected chi connectivity index (χ0v) is 15.8. The molecule has 4 rings (SSSR count). The summed E-state index contributed by atoms with van der Waals surface area (Å²) >= 11 is 6.01. The minimum atomic E-state index is -0.279. The number of nitrogens with zero attached hydrogens (tertiary/aromatic N) is 1. The number of rotatable bonds is 4. The Bertz CT molecular complexity index is 995. The molecule has 1 unspecified atom stereocenters. The third kappa shape index (κ3) is 3.55. The lowest BCUT2D eigenvalue weighted by Crippen LogP contribution is -2.34. The first-order valence-corrected chi connectivity index (χ1v) is 9.13. The molecule has 0 radical (unpaired) electrons. The number of hydrogen-bond acceptors (Lipinski definition) is 4. The van der Waals surface area contributed by atoms with Gasteiger partial charge in [0.05, 0.1) is 12.2 Å². The smallest absolute Gasteiger partial charge is 0.289 e. The lowest BCUT2D eigenvalue weighted by Gasteiger charge is -2.14. The second-order valence-electron chi connectivity index (χ2n) is 6.73. The van der Waals surface area contributed by atoms with Gasteiger partial charge in [0, 0.05) is 17.0 Å². The molecular weight excluding hydrogens is 364 g/mol. The number of aryl methyl sites for hydroxylation is 2. The van der Waals surface area contributed by atoms with Crippen molar-refractivity contribution in [2.75, 3.05) is 6.54 Å². The topological polar surface area (TPSA) is 64.4 Å². The van der Waals surface area contributed by atoms with Crippen LogP contribution in [0.2, 0.25) is 5.02 Å². The molecule has 138 valence electrons. The van der Waals surface area contributed by atoms with Crippen molar-refractivity contribution in [2.45, 2.75) is 26.4 Å². The molecule has 6 heteroatoms. The van der Waals surface area contributed by atoms with Gasteiger partial charge in [-0.1, -0.05) is 29.8 Å². The summed E-state index contributed by atoms with van der Waals surface area (Å²) < 4.78 is 11.3. The van der Waals surface area contributed by atoms with Crippen molar-refractivity contribution < 1.29 is 13.9 Å². The molecule has 0 saturated heterocycles. The van der Waals surface area contributed by atoms with Crippen LogP contribution in [0.4, 0.5) is 0 Å². The molecule has 1 N–H and O–H groups in total. The molecule has 1 atom stereocenters. The number of benzene rings is 2. The molecule has 0 saturated carbocycles. The normalized spacial score (nSPS) is 15.3. The number of carbonyl (C=O) groups excluding carboxylic acids is 1. The fraction of sp³-hybridized carbons (Fsp3) is 0.238. The van der Waals surface area contributed by atoms with Crippen molar-refractivity contribution >= 4 is 17.5 Å². The Kier molecular flexibility index (Phi) is 4.62. The molecule has 0 bridgehead atoms. The van der Waals surface area contributed by atoms with E-state index in [-0.39, 0.29) is 17.8 Å². The van der Waals surface area contributed by atoms with Crippen molar-refractivity contribution in [1.82, 2.24) is 10.3 Å². The molecule has 0 aliphatic carbocycles. The summed E-state index contributed by atoms with van der Waals surface area (Å²) in [4.78, 5) is 16.2. The first-order chi connectivity index (χ1) is 13.0. The van der Waals surface area contributed by atoms with Gasteiger partial charge in [-0.25, -0.2) is 4.98 Å². The highest BCUT2D eigenvalue weighted by Gasteiger charge is 2.27. The van der Waals surface area contributed by atoms with Crippen LogP contribution in [0.3, 0.4) is 0 Å². The van der Waals surface area contributed by atoms with Gasteiger partial charge in [-0.05, 0) is 48.7 Å². The number of hydrogen-bond donors (Lipinski definition) is 1. The first kappa shape index (κ1) is 17.6. The van der Waals surface area contributed by atoms with Crippen LogP contribution in [0.5, 0.6) is 5.75 Å². The maximum atomic E-state index is 12.2. The number of oxazole rings is 1. The summed E-state index contributed by atoms with van der Waals surface area (Å²) in [6, 6.07) is 12.0. The third-order valence-electron chi connectivity index (χ3n) is 4.64. The zero-order chi connectivity index (χ0) is 19.0. The van der Waals surface area contributed by atoms with Gasteiger partial charge in [0.1, 0.15) is 11.9 Å². The van der Waals surface area contributed by atoms with E-state index in [9.17, 15) is 4.79 Å². The van der Waals surface area contributed by atoms with E-state index in [2.05, 4.69) is 29.4 Å². The number of nitrogens with one attached hydrogen (secondary N) is 1. The van der Waals surface area contributed by atoms with Gasteiger partial charge >= 0.3 is 0 Å². The van der Waals surface area contributed by atoms with E-state index in [1.54, 1.807) is 6.92 Å². The van der Waals surface area contributed by atoms with Gasteiger partial charge in [-0.2, -0.15) is 0 Å². The van der Waals surface area contributed by atoms with E-state index in [0.29, 0.717) is 17.3 Å². The van der Waals surface area contributed by atoms with Gasteiger partial charge in [0.15, 0.2) is 6.39 Å². The molecule has 0 fully saturated rings. The monoisotopic (exact) mass is 382 g/mol. The highest BCUT2D eigenvalue weighted by Crippen LogP contribution is 2.40. The molecule has 1 amide bonds. The van der Waals surface area contributed by atoms with E-state index in [1.807, 2.05) is 24.3 Å². The van der Waals surface area contributed by atoms with Gasteiger partial charge in [-0.15, -0.1) is 0 Å². The standard InChI is InChI=1S/C21H19ClN2O3/c1-12-7-15-9-17(10-23-21(25)19-13(2)24-11-26-19)27-20(15)18(8-12)14-3-5-16(22)6-4-14/h3-8,11,17H,9-10H2,1-2H3,(H,23,25). The van der Waals surface area contributed by atoms with E-state index < -0.39 is 0 Å². The van der Waals surface area contributed by atoms with E-state index in [4.69, 9.17) is 20.8 Å². The molecule has 3 aromatic rings. The van der Waals surface area contributed by atoms with Gasteiger partial charge in [0.2, 0.25) is 5.76 Å². The summed E-state index contributed by atoms with van der Waals surface area (Å²) in [5.41, 5.74) is 4.99. The third-order valence-corrected chi connectivity index (χ3v) is 4.89. The fourth-order valence-corrected chi connectivity index (χ4v) is 3.48. The van der Waals surface area contributed by atoms with Crippen LogP contribution in [0.1, 0.15) is 27.4 Å². The predicted octanol–water partition coefficient (Wildman–Crippen LogP) is 4.35. The molecule has 2 heterocycles. The van der Waals surface area contributed by atoms with E-state index in [1.165, 1.54) is 12.0 Å². The number of aromatic nitrogens is 1. The van der Waals surface area contributed by atoms with E-state index >= 15 is 0 Å². The number of fused-ring (bicyclic) bond motifs is 1. The molecule has 1 aliphatic rings. The van der Waals surface area contributed by atoms with Crippen LogP contribution in [-0.2, 0) is 6.42 Å². The summed E-state index contributed by atoms with van der Waals surface area (Å²) in [5, 5.41) is 3.57. The number of amides is 1. The minimum absolute atomic E-state index is 0.125. The number of carbonyl (C=O) groups is 1. The van der Waals surface area contributed by atoms with Crippen LogP contribution in [0, 0.1) is 13.8 Å². The number of ether oxygens (including phenoxy) is 1. The quantitative estimate of drug-likeness (QED) is 0.728. The molecular formula is C21H19ClN2O3. The van der Waals surface area contributed by atoms with Crippen molar-refractivity contribution in [3.63, 3.8) is 0 Å². The summed E-state index contributed by atoms with van der Waals surface area (Å²) in [6.45, 7) is 4.20. The predicted molar refractivity (Wildman–Crippen MR) is 103 cm³/mol. The van der Waals surface area contributed by atoms with Crippen LogP contribution in [0.25, 0.3) is 11.1 Å². The SMILES string of the molecule is Cc1cc2c(c(-c3ccc(Cl)cc3)c1)OC(CNC(=O)c1ocnc1C)C2. The lowest BCUT2D eigenvalue weighted by atomic mass is 9.98. The van der Waals surface area contributed by atoms with Crippen LogP contribution >= 0.6 is 11.6 Å². The molecule has 1 aromatic heterocycles. The largest absolute Gasteiger partial charge is 0.487 e. The fourth-order valence-electron chi connectivity index (χ4n) is 3.36. The molecule has 0 spiro atoms. The van der Waals surface area contributed by atoms with Gasteiger partial charge in [-0.3, -0.25) is 4.79 Å². The molecule has 2 aromatic carbocycles. The van der Waals surface area contributed by atoms with Crippen molar-refractivity contribution in [1.29, 1.82) is 0 Å². The lowest BCUT2D eigenvalue weighted by molar-refractivity contribution is 0.0905. The average molecular weight is 383 g/mol. The maximum absolute atomic E-state index is 12.2. The molecule has 1 aliphatic heterocycles. The van der Waals surface area contributed by atoms with Gasteiger partial charge < -0.3 is 14.5 Å². The average Bonchev–Trinajstić information content (AvgIpc) is 3.25. The molecule has 27 heavy (non-hydrogen) atoms. The van der Waals surface area contributed by atoms with Crippen molar-refractivity contribution in [2.24, 2.45) is 0 Å². The number of halogens is 1. The van der Waals surface area contributed by atoms with Crippen molar-refractivity contribution in [3.05, 3.63) is 70.4 Å². The second kappa shape index (κ2) is 7.08. The second-order valence-corrected chi connectivity index (χ2v) is 7.16. The summed E-state index contributed by atoms with van der Waals surface area (Å²) in [6.07, 6.45) is 1.89. The highest BCUT2D eigenvalue weighted by atomic mass is 35.5. The van der Waals surface area contributed by atoms with Gasteiger partial charge in [0.25, 0.3) is 5.91 Å². The first-order valence-electron chi connectivity index (χ1n) is 8.75. The highest BCUT2D eigenvalue weighted by molar-refractivity contribution is 6.30. The Hall–Kier alpha value is -2.79. The summed E-state index contributed by atoms with van der Waals surface area (Å²) in [5.74, 6) is 0.833. The van der Waals surface area contributed by atoms with Crippen LogP contribution in [-0.4, -0.2) is 23.5 Å². The Morgan fingerprint density at radius 2 is 2.04 bits per heavy atom. The Morgan fingerprint density at radius 3 is 2.74 bits per heavy atom. The van der Waals surface area contributed by atoms with Crippen LogP contribution < -0.4 is 10.1 Å². The Balaban J connectivity index is 1.51. The minimum Gasteiger partial charge on any atom is -0.487 e. The Labute approximate surface area is 162 Å². The van der Waals surface area contributed by atoms with Crippen LogP contribution in [0.15, 0.2) is 47.2 Å².